The predicted molar refractivity (Wildman–Crippen MR) is 108 cm³/mol. The number of rotatable bonds is 7. The third-order valence-corrected chi connectivity index (χ3v) is 5.05. The maximum atomic E-state index is 13.4. The molecule has 1 aromatic heterocycles. The second-order valence-corrected chi connectivity index (χ2v) is 7.28. The first kappa shape index (κ1) is 21.3. The number of hydrogen-bond acceptors (Lipinski definition) is 6. The molecule has 1 aliphatic rings. The molecule has 0 spiro atoms. The highest BCUT2D eigenvalue weighted by Gasteiger charge is 2.44. The maximum Gasteiger partial charge on any atom is 0.295 e. The molecule has 1 amide bonds. The molecule has 0 saturated carbocycles. The molecule has 1 fully saturated rings. The van der Waals surface area contributed by atoms with Crippen LogP contribution in [0.15, 0.2) is 48.3 Å². The molecule has 0 aliphatic carbocycles. The SMILES string of the molecule is COc1ccc(/C([O-])=C2\C(=O)C(=O)N(CC[NH+](C)C)C2c2ccncc2)cc1OC. The number of pyridine rings is 1. The van der Waals surface area contributed by atoms with Crippen LogP contribution < -0.4 is 19.5 Å². The van der Waals surface area contributed by atoms with Crippen LogP contribution in [-0.4, -0.2) is 63.0 Å². The summed E-state index contributed by atoms with van der Waals surface area (Å²) in [5.74, 6) is -1.11. The van der Waals surface area contributed by atoms with Crippen molar-refractivity contribution in [2.45, 2.75) is 6.04 Å². The number of nitrogens with zero attached hydrogens (tertiary/aromatic N) is 2. The normalized spacial score (nSPS) is 18.2. The van der Waals surface area contributed by atoms with E-state index in [1.807, 2.05) is 14.1 Å². The minimum Gasteiger partial charge on any atom is -0.872 e. The molecule has 1 saturated heterocycles. The van der Waals surface area contributed by atoms with Gasteiger partial charge >= 0.3 is 0 Å². The average molecular weight is 411 g/mol. The number of quaternary nitrogens is 1. The number of hydrogen-bond donors (Lipinski definition) is 1. The third kappa shape index (κ3) is 3.99. The van der Waals surface area contributed by atoms with Crippen molar-refractivity contribution in [3.8, 4) is 11.5 Å². The van der Waals surface area contributed by atoms with Gasteiger partial charge in [0.2, 0.25) is 5.78 Å². The summed E-state index contributed by atoms with van der Waals surface area (Å²) in [6.07, 6.45) is 3.16. The van der Waals surface area contributed by atoms with E-state index >= 15 is 0 Å². The van der Waals surface area contributed by atoms with Gasteiger partial charge in [-0.25, -0.2) is 0 Å². The van der Waals surface area contributed by atoms with E-state index in [1.54, 1.807) is 36.7 Å². The van der Waals surface area contributed by atoms with Crippen LogP contribution >= 0.6 is 0 Å². The smallest absolute Gasteiger partial charge is 0.295 e. The number of carbonyl (C=O) groups is 2. The van der Waals surface area contributed by atoms with Crippen LogP contribution in [0.1, 0.15) is 17.2 Å². The number of ether oxygens (including phenoxy) is 2. The fourth-order valence-electron chi connectivity index (χ4n) is 3.47. The number of ketones is 1. The molecule has 30 heavy (non-hydrogen) atoms. The Kier molecular flexibility index (Phi) is 6.37. The summed E-state index contributed by atoms with van der Waals surface area (Å²) in [5.41, 5.74) is 0.858. The number of nitrogens with one attached hydrogen (secondary N) is 1. The lowest BCUT2D eigenvalue weighted by atomic mass is 9.96. The Labute approximate surface area is 175 Å². The number of Topliss-reactive ketones (excluding diaryl/α,β-unsaturated/α-hetero) is 1. The summed E-state index contributed by atoms with van der Waals surface area (Å²) in [6, 6.07) is 7.35. The Hall–Kier alpha value is -3.39. The van der Waals surface area contributed by atoms with Crippen LogP contribution in [0, 0.1) is 0 Å². The first-order valence-corrected chi connectivity index (χ1v) is 9.56. The average Bonchev–Trinajstić information content (AvgIpc) is 3.01. The monoisotopic (exact) mass is 411 g/mol. The second kappa shape index (κ2) is 8.96. The van der Waals surface area contributed by atoms with Crippen molar-refractivity contribution in [3.05, 3.63) is 59.4 Å². The Bertz CT molecular complexity index is 972. The number of carbonyl (C=O) groups excluding carboxylic acids is 2. The fraction of sp³-hybridized carbons (Fsp3) is 0.318. The molecule has 0 radical (unpaired) electrons. The van der Waals surface area contributed by atoms with E-state index in [2.05, 4.69) is 4.98 Å². The van der Waals surface area contributed by atoms with Crippen molar-refractivity contribution in [3.63, 3.8) is 0 Å². The summed E-state index contributed by atoms with van der Waals surface area (Å²) >= 11 is 0. The van der Waals surface area contributed by atoms with Gasteiger partial charge in [0.25, 0.3) is 5.91 Å². The van der Waals surface area contributed by atoms with E-state index in [4.69, 9.17) is 9.47 Å². The van der Waals surface area contributed by atoms with Crippen molar-refractivity contribution in [2.75, 3.05) is 41.4 Å². The quantitative estimate of drug-likeness (QED) is 0.374. The zero-order valence-corrected chi connectivity index (χ0v) is 17.5. The number of benzene rings is 1. The van der Waals surface area contributed by atoms with Gasteiger partial charge in [-0.3, -0.25) is 14.6 Å². The van der Waals surface area contributed by atoms with Gasteiger partial charge in [-0.1, -0.05) is 11.8 Å². The van der Waals surface area contributed by atoms with E-state index < -0.39 is 23.5 Å². The second-order valence-electron chi connectivity index (χ2n) is 7.28. The Morgan fingerprint density at radius 2 is 1.77 bits per heavy atom. The van der Waals surface area contributed by atoms with Crippen LogP contribution in [0.2, 0.25) is 0 Å². The summed E-state index contributed by atoms with van der Waals surface area (Å²) < 4.78 is 10.5. The molecule has 1 atom stereocenters. The fourth-order valence-corrected chi connectivity index (χ4v) is 3.47. The van der Waals surface area contributed by atoms with Gasteiger partial charge in [0, 0.05) is 18.0 Å². The Morgan fingerprint density at radius 1 is 1.10 bits per heavy atom. The molecule has 8 heteroatoms. The number of methoxy groups -OCH3 is 2. The molecular weight excluding hydrogens is 386 g/mol. The molecule has 1 aromatic carbocycles. The number of amides is 1. The van der Waals surface area contributed by atoms with Crippen molar-refractivity contribution in [1.29, 1.82) is 0 Å². The van der Waals surface area contributed by atoms with Crippen molar-refractivity contribution < 1.29 is 29.1 Å². The highest BCUT2D eigenvalue weighted by atomic mass is 16.5. The number of likely N-dealkylation sites (N-methyl/N-ethyl adjacent to an activating group) is 1. The topological polar surface area (TPSA) is 96.2 Å². The molecule has 158 valence electrons. The third-order valence-electron chi connectivity index (χ3n) is 5.05. The van der Waals surface area contributed by atoms with Crippen molar-refractivity contribution in [2.24, 2.45) is 0 Å². The number of aromatic nitrogens is 1. The molecule has 8 nitrogen and oxygen atoms in total. The lowest BCUT2D eigenvalue weighted by molar-refractivity contribution is -0.857. The molecule has 2 aromatic rings. The molecule has 2 heterocycles. The van der Waals surface area contributed by atoms with Gasteiger partial charge in [-0.2, -0.15) is 0 Å². The molecule has 0 bridgehead atoms. The summed E-state index contributed by atoms with van der Waals surface area (Å²) in [6.45, 7) is 0.987. The van der Waals surface area contributed by atoms with Gasteiger partial charge in [-0.15, -0.1) is 0 Å². The van der Waals surface area contributed by atoms with Crippen molar-refractivity contribution >= 4 is 17.4 Å². The van der Waals surface area contributed by atoms with Crippen LogP contribution in [0.4, 0.5) is 0 Å². The van der Waals surface area contributed by atoms with Gasteiger partial charge in [0.15, 0.2) is 11.5 Å². The molecule has 1 N–H and O–H groups in total. The molecule has 1 unspecified atom stereocenters. The van der Waals surface area contributed by atoms with Gasteiger partial charge < -0.3 is 24.4 Å². The first-order valence-electron chi connectivity index (χ1n) is 9.56. The van der Waals surface area contributed by atoms with Gasteiger partial charge in [-0.05, 0) is 35.4 Å². The van der Waals surface area contributed by atoms with Crippen LogP contribution in [0.3, 0.4) is 0 Å². The summed E-state index contributed by atoms with van der Waals surface area (Å²) in [4.78, 5) is 32.3. The highest BCUT2D eigenvalue weighted by molar-refractivity contribution is 6.46. The van der Waals surface area contributed by atoms with E-state index in [1.165, 1.54) is 25.2 Å². The van der Waals surface area contributed by atoms with Gasteiger partial charge in [0.1, 0.15) is 0 Å². The first-order chi connectivity index (χ1) is 14.4. The molecule has 1 aliphatic heterocycles. The minimum atomic E-state index is -0.773. The van der Waals surface area contributed by atoms with Gasteiger partial charge in [0.05, 0.1) is 47.4 Å². The summed E-state index contributed by atoms with van der Waals surface area (Å²) in [5, 5.41) is 13.4. The molecular formula is C22H25N3O5. The lowest BCUT2D eigenvalue weighted by Crippen LogP contribution is -3.06. The zero-order chi connectivity index (χ0) is 21.8. The zero-order valence-electron chi connectivity index (χ0n) is 17.5. The summed E-state index contributed by atoms with van der Waals surface area (Å²) in [7, 11) is 6.89. The standard InChI is InChI=1S/C22H25N3O5/c1-24(2)11-12-25-19(14-7-9-23-10-8-14)18(21(27)22(25)28)20(26)15-5-6-16(29-3)17(13-15)30-4/h5-10,13,19,26H,11-12H2,1-4H3/b20-18+. The van der Waals surface area contributed by atoms with Crippen molar-refractivity contribution in [1.82, 2.24) is 9.88 Å². The van der Waals surface area contributed by atoms with E-state index in [-0.39, 0.29) is 11.1 Å². The lowest BCUT2D eigenvalue weighted by Gasteiger charge is -2.27. The maximum absolute atomic E-state index is 13.4. The largest absolute Gasteiger partial charge is 0.872 e. The number of likely N-dealkylation sites (tertiary alicyclic amines) is 1. The van der Waals surface area contributed by atoms with E-state index in [9.17, 15) is 14.7 Å². The Balaban J connectivity index is 2.14. The van der Waals surface area contributed by atoms with E-state index in [0.717, 1.165) is 4.90 Å². The van der Waals surface area contributed by atoms with Crippen LogP contribution in [0.5, 0.6) is 11.5 Å². The highest BCUT2D eigenvalue weighted by Crippen LogP contribution is 2.39. The Morgan fingerprint density at radius 3 is 2.37 bits per heavy atom. The molecule has 3 rings (SSSR count). The minimum absolute atomic E-state index is 0.0628. The van der Waals surface area contributed by atoms with E-state index in [0.29, 0.717) is 30.2 Å². The van der Waals surface area contributed by atoms with Crippen LogP contribution in [-0.2, 0) is 9.59 Å². The van der Waals surface area contributed by atoms with Crippen LogP contribution in [0.25, 0.3) is 5.76 Å². The predicted octanol–water partition coefficient (Wildman–Crippen LogP) is -0.533.